The third-order valence-corrected chi connectivity index (χ3v) is 6.42. The van der Waals surface area contributed by atoms with Crippen LogP contribution in [-0.4, -0.2) is 70.2 Å². The molecule has 3 N–H and O–H groups in total. The van der Waals surface area contributed by atoms with Crippen molar-refractivity contribution in [3.63, 3.8) is 0 Å². The molecular formula is C32H50Cl2F2N4O3. The number of nitrogens with zero attached hydrogens (tertiary/aromatic N) is 1. The monoisotopic (exact) mass is 646 g/mol. The molecule has 0 bridgehead atoms. The summed E-state index contributed by atoms with van der Waals surface area (Å²) >= 11 is 11.5. The molecule has 0 aromatic carbocycles. The minimum absolute atomic E-state index is 0.0310. The molecule has 0 aromatic heterocycles. The van der Waals surface area contributed by atoms with Gasteiger partial charge in [0.25, 0.3) is 0 Å². The summed E-state index contributed by atoms with van der Waals surface area (Å²) in [5, 5.41) is 8.19. The molecule has 2 saturated heterocycles. The van der Waals surface area contributed by atoms with Crippen LogP contribution in [-0.2, 0) is 14.3 Å². The van der Waals surface area contributed by atoms with Gasteiger partial charge in [-0.3, -0.25) is 14.5 Å². The number of carbonyl (C=O) groups is 2. The highest BCUT2D eigenvalue weighted by molar-refractivity contribution is 6.32. The molecule has 43 heavy (non-hydrogen) atoms. The van der Waals surface area contributed by atoms with E-state index >= 15 is 0 Å². The Morgan fingerprint density at radius 1 is 1.12 bits per heavy atom. The predicted octanol–water partition coefficient (Wildman–Crippen LogP) is 6.51. The van der Waals surface area contributed by atoms with E-state index in [0.717, 1.165) is 71.7 Å². The van der Waals surface area contributed by atoms with Crippen molar-refractivity contribution in [2.24, 2.45) is 17.3 Å². The zero-order valence-corrected chi connectivity index (χ0v) is 27.7. The number of rotatable bonds is 14. The van der Waals surface area contributed by atoms with Gasteiger partial charge >= 0.3 is 0 Å². The fourth-order valence-corrected chi connectivity index (χ4v) is 4.00. The Kier molecular flexibility index (Phi) is 22.8. The summed E-state index contributed by atoms with van der Waals surface area (Å²) in [5.41, 5.74) is 0.946. The van der Waals surface area contributed by atoms with Crippen LogP contribution in [0.25, 0.3) is 0 Å². The van der Waals surface area contributed by atoms with Crippen LogP contribution in [0.5, 0.6) is 0 Å². The lowest BCUT2D eigenvalue weighted by Gasteiger charge is -2.26. The first-order chi connectivity index (χ1) is 20.3. The van der Waals surface area contributed by atoms with Gasteiger partial charge < -0.3 is 20.7 Å². The minimum atomic E-state index is -0.675. The highest BCUT2D eigenvalue weighted by Gasteiger charge is 2.23. The molecule has 11 heteroatoms. The Bertz CT molecular complexity index is 980. The summed E-state index contributed by atoms with van der Waals surface area (Å²) in [6.45, 7) is 20.6. The van der Waals surface area contributed by atoms with E-state index in [2.05, 4.69) is 55.1 Å². The smallest absolute Gasteiger partial charge is 0.211 e. The third-order valence-electron chi connectivity index (χ3n) is 5.80. The standard InChI is InChI=1S/C19H22Cl2F2N2O.C8H16N2O2.C5H12/c1-13(25-12-26)9-18(21)19(23)8-7-16-11-24-10-15(16)5-3-4-6-17(20)14(2)22;11-8-9-2-1-3-10-4-6-12-7-5-10;1-5(2,3)4/h3-4,6-9,12,15-16,24H,2,5,10-11H2,1H3,(H,25,26);8H,1-7H2,(H,9,11);1-4H3/b4-3-,8-7+,13-9+,17-6+,19-18-;;/t15-,16+;;/m0../s1. The molecule has 2 heterocycles. The number of carbonyl (C=O) groups excluding carboxylic acids is 2. The van der Waals surface area contributed by atoms with Gasteiger partial charge in [0.2, 0.25) is 12.8 Å². The van der Waals surface area contributed by atoms with E-state index in [1.807, 2.05) is 6.08 Å². The van der Waals surface area contributed by atoms with Gasteiger partial charge in [-0.25, -0.2) is 8.78 Å². The van der Waals surface area contributed by atoms with E-state index in [9.17, 15) is 18.4 Å². The van der Waals surface area contributed by atoms with Crippen LogP contribution in [0.4, 0.5) is 8.78 Å². The van der Waals surface area contributed by atoms with Crippen LogP contribution in [0, 0.1) is 17.3 Å². The Balaban J connectivity index is 0.000000849. The first kappa shape index (κ1) is 40.7. The number of nitrogens with one attached hydrogen (secondary N) is 3. The Morgan fingerprint density at radius 2 is 1.77 bits per heavy atom. The number of hydrogen-bond donors (Lipinski definition) is 3. The molecule has 2 fully saturated rings. The molecule has 2 aliphatic heterocycles. The molecule has 244 valence electrons. The van der Waals surface area contributed by atoms with Gasteiger partial charge in [-0.15, -0.1) is 0 Å². The van der Waals surface area contributed by atoms with Crippen molar-refractivity contribution in [2.45, 2.75) is 47.5 Å². The summed E-state index contributed by atoms with van der Waals surface area (Å²) < 4.78 is 32.0. The molecule has 0 spiro atoms. The van der Waals surface area contributed by atoms with Crippen molar-refractivity contribution in [1.29, 1.82) is 0 Å². The second-order valence-electron chi connectivity index (χ2n) is 11.7. The summed E-state index contributed by atoms with van der Waals surface area (Å²) in [5.74, 6) is -0.824. The normalized spacial score (nSPS) is 20.5. The van der Waals surface area contributed by atoms with Crippen LogP contribution in [0.2, 0.25) is 0 Å². The van der Waals surface area contributed by atoms with Gasteiger partial charge in [-0.05, 0) is 68.3 Å². The van der Waals surface area contributed by atoms with Crippen LogP contribution in [0.1, 0.15) is 47.5 Å². The largest absolute Gasteiger partial charge is 0.379 e. The van der Waals surface area contributed by atoms with Crippen molar-refractivity contribution in [3.8, 4) is 0 Å². The lowest BCUT2D eigenvalue weighted by atomic mass is 9.92. The summed E-state index contributed by atoms with van der Waals surface area (Å²) in [6.07, 6.45) is 12.5. The molecule has 2 amide bonds. The van der Waals surface area contributed by atoms with E-state index in [-0.39, 0.29) is 21.9 Å². The lowest BCUT2D eigenvalue weighted by molar-refractivity contribution is -0.110. The second-order valence-corrected chi connectivity index (χ2v) is 12.5. The third kappa shape index (κ3) is 23.8. The lowest BCUT2D eigenvalue weighted by Crippen LogP contribution is -2.37. The Hall–Kier alpha value is -2.30. The van der Waals surface area contributed by atoms with Crippen molar-refractivity contribution >= 4 is 36.0 Å². The van der Waals surface area contributed by atoms with E-state index in [4.69, 9.17) is 27.9 Å². The van der Waals surface area contributed by atoms with Crippen LogP contribution >= 0.6 is 23.2 Å². The summed E-state index contributed by atoms with van der Waals surface area (Å²) in [6, 6.07) is 0. The molecule has 0 aromatic rings. The number of allylic oxidation sites excluding steroid dienone is 10. The first-order valence-corrected chi connectivity index (χ1v) is 15.2. The molecule has 2 rings (SSSR count). The van der Waals surface area contributed by atoms with Gasteiger partial charge in [0.05, 0.1) is 23.3 Å². The van der Waals surface area contributed by atoms with Gasteiger partial charge in [-0.2, -0.15) is 0 Å². The van der Waals surface area contributed by atoms with Gasteiger partial charge in [0, 0.05) is 31.9 Å². The molecule has 0 aliphatic carbocycles. The fraction of sp³-hybridized carbons (Fsp3) is 0.562. The molecule has 0 saturated carbocycles. The van der Waals surface area contributed by atoms with E-state index < -0.39 is 11.7 Å². The number of amides is 2. The van der Waals surface area contributed by atoms with Crippen molar-refractivity contribution in [3.05, 3.63) is 70.5 Å². The average molecular weight is 648 g/mol. The highest BCUT2D eigenvalue weighted by Crippen LogP contribution is 2.24. The maximum atomic E-state index is 14.0. The fourth-order valence-electron chi connectivity index (χ4n) is 3.70. The minimum Gasteiger partial charge on any atom is -0.379 e. The van der Waals surface area contributed by atoms with E-state index in [1.165, 1.54) is 18.2 Å². The molecule has 7 nitrogen and oxygen atoms in total. The maximum Gasteiger partial charge on any atom is 0.211 e. The van der Waals surface area contributed by atoms with E-state index in [0.29, 0.717) is 17.5 Å². The zero-order valence-electron chi connectivity index (χ0n) is 26.2. The molecule has 0 radical (unpaired) electrons. The quantitative estimate of drug-likeness (QED) is 0.114. The van der Waals surface area contributed by atoms with Crippen molar-refractivity contribution in [1.82, 2.24) is 20.9 Å². The molecule has 2 atom stereocenters. The topological polar surface area (TPSA) is 82.7 Å². The number of hydrogen-bond acceptors (Lipinski definition) is 5. The summed E-state index contributed by atoms with van der Waals surface area (Å²) in [4.78, 5) is 22.6. The van der Waals surface area contributed by atoms with Crippen molar-refractivity contribution in [2.75, 3.05) is 52.5 Å². The number of morpholine rings is 1. The predicted molar refractivity (Wildman–Crippen MR) is 175 cm³/mol. The molecular weight excluding hydrogens is 597 g/mol. The zero-order chi connectivity index (χ0) is 32.7. The van der Waals surface area contributed by atoms with Crippen LogP contribution in [0.3, 0.4) is 0 Å². The van der Waals surface area contributed by atoms with Gasteiger partial charge in [0.1, 0.15) is 11.7 Å². The number of ether oxygens (including phenoxy) is 1. The first-order valence-electron chi connectivity index (χ1n) is 14.4. The maximum absolute atomic E-state index is 14.0. The summed E-state index contributed by atoms with van der Waals surface area (Å²) in [7, 11) is 0. The SMILES string of the molecule is C=C(F)/C(Cl)=C\C=C/C[C@H]1CNC[C@H]1/C=C/C(F)=C(Cl)\C=C(/C)NC=O.CC(C)(C)C.O=CNCCCN1CCOCC1. The Labute approximate surface area is 267 Å². The van der Waals surface area contributed by atoms with Crippen LogP contribution < -0.4 is 16.0 Å². The molecule has 2 aliphatic rings. The second kappa shape index (κ2) is 24.1. The van der Waals surface area contributed by atoms with Gasteiger partial charge in [-0.1, -0.05) is 75.7 Å². The van der Waals surface area contributed by atoms with E-state index in [1.54, 1.807) is 19.1 Å². The van der Waals surface area contributed by atoms with Gasteiger partial charge in [0.15, 0.2) is 0 Å². The van der Waals surface area contributed by atoms with Crippen LogP contribution in [0.15, 0.2) is 70.5 Å². The van der Waals surface area contributed by atoms with Crippen molar-refractivity contribution < 1.29 is 23.1 Å². The average Bonchev–Trinajstić information content (AvgIpc) is 3.39. The number of halogens is 4. The highest BCUT2D eigenvalue weighted by atomic mass is 35.5. The Morgan fingerprint density at radius 3 is 2.35 bits per heavy atom. The molecule has 0 unspecified atom stereocenters.